The van der Waals surface area contributed by atoms with E-state index in [2.05, 4.69) is 10.00 Å². The van der Waals surface area contributed by atoms with Gasteiger partial charge in [-0.25, -0.2) is 17.5 Å². The van der Waals surface area contributed by atoms with Gasteiger partial charge in [0, 0.05) is 50.2 Å². The second-order valence-corrected chi connectivity index (χ2v) is 10.0. The van der Waals surface area contributed by atoms with Gasteiger partial charge in [-0.1, -0.05) is 12.1 Å². The molecular formula is C20H25FN4O3S. The Kier molecular flexibility index (Phi) is 5.44. The van der Waals surface area contributed by atoms with Gasteiger partial charge in [-0.2, -0.15) is 5.10 Å². The molecule has 1 saturated heterocycles. The highest BCUT2D eigenvalue weighted by molar-refractivity contribution is 7.90. The zero-order valence-corrected chi connectivity index (χ0v) is 17.3. The molecule has 1 aliphatic heterocycles. The van der Waals surface area contributed by atoms with Crippen molar-refractivity contribution in [2.45, 2.75) is 19.3 Å². The molecule has 0 N–H and O–H groups in total. The third-order valence-corrected chi connectivity index (χ3v) is 6.58. The van der Waals surface area contributed by atoms with E-state index in [1.54, 1.807) is 27.8 Å². The molecule has 7 nitrogen and oxygen atoms in total. The van der Waals surface area contributed by atoms with Gasteiger partial charge >= 0.3 is 0 Å². The van der Waals surface area contributed by atoms with Crippen molar-refractivity contribution in [2.24, 2.45) is 0 Å². The van der Waals surface area contributed by atoms with Gasteiger partial charge in [-0.15, -0.1) is 0 Å². The van der Waals surface area contributed by atoms with E-state index in [0.717, 1.165) is 30.5 Å². The van der Waals surface area contributed by atoms with E-state index in [-0.39, 0.29) is 17.5 Å². The van der Waals surface area contributed by atoms with Crippen LogP contribution in [0.15, 0.2) is 24.3 Å². The van der Waals surface area contributed by atoms with E-state index in [0.29, 0.717) is 44.1 Å². The van der Waals surface area contributed by atoms with E-state index in [1.807, 2.05) is 0 Å². The Labute approximate surface area is 170 Å². The second-order valence-electron chi connectivity index (χ2n) is 7.75. The molecule has 0 radical (unpaired) electrons. The Morgan fingerprint density at radius 2 is 1.86 bits per heavy atom. The minimum Gasteiger partial charge on any atom is -0.335 e. The topological polar surface area (TPSA) is 75.5 Å². The highest BCUT2D eigenvalue weighted by atomic mass is 32.2. The quantitative estimate of drug-likeness (QED) is 0.729. The van der Waals surface area contributed by atoms with Crippen molar-refractivity contribution in [1.82, 2.24) is 19.6 Å². The monoisotopic (exact) mass is 420 g/mol. The molecule has 1 aliphatic carbocycles. The summed E-state index contributed by atoms with van der Waals surface area (Å²) in [5.74, 6) is -0.356. The number of benzene rings is 1. The molecule has 0 unspecified atom stereocenters. The van der Waals surface area contributed by atoms with Crippen LogP contribution < -0.4 is 0 Å². The number of halogens is 1. The lowest BCUT2D eigenvalue weighted by atomic mass is 10.1. The Hall–Kier alpha value is -2.26. The van der Waals surface area contributed by atoms with Gasteiger partial charge in [0.1, 0.15) is 21.3 Å². The van der Waals surface area contributed by atoms with Crippen LogP contribution in [-0.2, 0) is 22.7 Å². The lowest BCUT2D eigenvalue weighted by Gasteiger charge is -2.34. The molecule has 0 bridgehead atoms. The van der Waals surface area contributed by atoms with E-state index in [1.165, 1.54) is 12.3 Å². The van der Waals surface area contributed by atoms with Crippen LogP contribution in [0.3, 0.4) is 0 Å². The van der Waals surface area contributed by atoms with Gasteiger partial charge in [0.2, 0.25) is 0 Å². The number of hydrogen-bond donors (Lipinski definition) is 0. The van der Waals surface area contributed by atoms with Crippen LogP contribution in [0.1, 0.15) is 28.2 Å². The highest BCUT2D eigenvalue weighted by Crippen LogP contribution is 2.29. The van der Waals surface area contributed by atoms with Crippen molar-refractivity contribution in [3.05, 3.63) is 47.0 Å². The molecule has 9 heteroatoms. The van der Waals surface area contributed by atoms with Crippen LogP contribution in [0, 0.1) is 5.82 Å². The average Bonchev–Trinajstić information content (AvgIpc) is 3.29. The summed E-state index contributed by atoms with van der Waals surface area (Å²) in [6.45, 7) is 2.82. The van der Waals surface area contributed by atoms with Crippen LogP contribution >= 0.6 is 0 Å². The minimum atomic E-state index is -3.00. The van der Waals surface area contributed by atoms with Crippen molar-refractivity contribution in [3.8, 4) is 5.69 Å². The second kappa shape index (κ2) is 7.87. The lowest BCUT2D eigenvalue weighted by molar-refractivity contribution is 0.0636. The fourth-order valence-electron chi connectivity index (χ4n) is 4.05. The molecule has 1 fully saturated rings. The fourth-order valence-corrected chi connectivity index (χ4v) is 4.64. The summed E-state index contributed by atoms with van der Waals surface area (Å²) >= 11 is 0. The maximum Gasteiger partial charge on any atom is 0.274 e. The van der Waals surface area contributed by atoms with Crippen molar-refractivity contribution >= 4 is 15.7 Å². The number of rotatable bonds is 5. The molecule has 1 amide bonds. The van der Waals surface area contributed by atoms with E-state index in [9.17, 15) is 17.6 Å². The van der Waals surface area contributed by atoms with Gasteiger partial charge < -0.3 is 4.90 Å². The smallest absolute Gasteiger partial charge is 0.274 e. The van der Waals surface area contributed by atoms with E-state index in [4.69, 9.17) is 0 Å². The highest BCUT2D eigenvalue weighted by Gasteiger charge is 2.31. The van der Waals surface area contributed by atoms with E-state index >= 15 is 0 Å². The number of nitrogens with zero attached hydrogens (tertiary/aromatic N) is 4. The van der Waals surface area contributed by atoms with Gasteiger partial charge in [-0.05, 0) is 31.4 Å². The van der Waals surface area contributed by atoms with Crippen LogP contribution in [0.2, 0.25) is 0 Å². The molecule has 4 rings (SSSR count). The van der Waals surface area contributed by atoms with Crippen molar-refractivity contribution in [1.29, 1.82) is 0 Å². The summed E-state index contributed by atoms with van der Waals surface area (Å²) in [7, 11) is -3.00. The Morgan fingerprint density at radius 1 is 1.14 bits per heavy atom. The summed E-state index contributed by atoms with van der Waals surface area (Å²) in [6, 6.07) is 6.47. The summed E-state index contributed by atoms with van der Waals surface area (Å²) in [5, 5.41) is 4.52. The standard InChI is InChI=1S/C20H25FN4O3S/c1-29(27,28)14-13-23-9-11-24(12-10-23)20(26)19-15-5-4-8-17(15)25(22-19)18-7-3-2-6-16(18)21/h2-3,6-7H,4-5,8-14H2,1H3. The number of fused-ring (bicyclic) bond motifs is 1. The van der Waals surface area contributed by atoms with Crippen LogP contribution in [0.5, 0.6) is 0 Å². The fraction of sp³-hybridized carbons (Fsp3) is 0.500. The van der Waals surface area contributed by atoms with Gasteiger partial charge in [0.05, 0.1) is 5.75 Å². The normalized spacial score (nSPS) is 17.5. The molecule has 0 saturated carbocycles. The first-order valence-corrected chi connectivity index (χ1v) is 11.9. The largest absolute Gasteiger partial charge is 0.335 e. The molecular weight excluding hydrogens is 395 g/mol. The summed E-state index contributed by atoms with van der Waals surface area (Å²) in [4.78, 5) is 17.0. The molecule has 29 heavy (non-hydrogen) atoms. The van der Waals surface area contributed by atoms with Crippen molar-refractivity contribution < 1.29 is 17.6 Å². The van der Waals surface area contributed by atoms with Gasteiger partial charge in [-0.3, -0.25) is 9.69 Å². The van der Waals surface area contributed by atoms with Crippen molar-refractivity contribution in [2.75, 3.05) is 44.7 Å². The molecule has 0 atom stereocenters. The van der Waals surface area contributed by atoms with Gasteiger partial charge in [0.15, 0.2) is 5.69 Å². The Balaban J connectivity index is 1.51. The number of sulfone groups is 1. The number of piperazine rings is 1. The number of carbonyl (C=O) groups is 1. The number of aromatic nitrogens is 2. The first-order valence-electron chi connectivity index (χ1n) is 9.88. The number of carbonyl (C=O) groups excluding carboxylic acids is 1. The van der Waals surface area contributed by atoms with Crippen molar-refractivity contribution in [3.63, 3.8) is 0 Å². The molecule has 2 heterocycles. The number of amides is 1. The molecule has 0 spiro atoms. The predicted octanol–water partition coefficient (Wildman–Crippen LogP) is 1.30. The van der Waals surface area contributed by atoms with Crippen LogP contribution in [0.25, 0.3) is 5.69 Å². The predicted molar refractivity (Wildman–Crippen MR) is 108 cm³/mol. The molecule has 156 valence electrons. The zero-order valence-electron chi connectivity index (χ0n) is 16.5. The minimum absolute atomic E-state index is 0.124. The third-order valence-electron chi connectivity index (χ3n) is 5.65. The SMILES string of the molecule is CS(=O)(=O)CCN1CCN(C(=O)c2nn(-c3ccccc3F)c3c2CCC3)CC1. The van der Waals surface area contributed by atoms with E-state index < -0.39 is 9.84 Å². The third kappa shape index (κ3) is 4.20. The van der Waals surface area contributed by atoms with Crippen LogP contribution in [-0.4, -0.2) is 78.6 Å². The number of hydrogen-bond acceptors (Lipinski definition) is 5. The molecule has 2 aliphatic rings. The first-order chi connectivity index (χ1) is 13.8. The summed E-state index contributed by atoms with van der Waals surface area (Å²) in [5.41, 5.74) is 2.64. The number of para-hydroxylation sites is 1. The maximum absolute atomic E-state index is 14.3. The zero-order chi connectivity index (χ0) is 20.6. The molecule has 1 aromatic heterocycles. The lowest BCUT2D eigenvalue weighted by Crippen LogP contribution is -2.49. The average molecular weight is 421 g/mol. The summed E-state index contributed by atoms with van der Waals surface area (Å²) < 4.78 is 38.6. The summed E-state index contributed by atoms with van der Waals surface area (Å²) in [6.07, 6.45) is 3.73. The van der Waals surface area contributed by atoms with Crippen LogP contribution in [0.4, 0.5) is 4.39 Å². The first kappa shape index (κ1) is 20.0. The molecule has 2 aromatic rings. The Morgan fingerprint density at radius 3 is 2.55 bits per heavy atom. The van der Waals surface area contributed by atoms with Gasteiger partial charge in [0.25, 0.3) is 5.91 Å². The maximum atomic E-state index is 14.3. The Bertz CT molecular complexity index is 1030. The molecule has 1 aromatic carbocycles.